The van der Waals surface area contributed by atoms with Gasteiger partial charge in [-0.15, -0.1) is 0 Å². The summed E-state index contributed by atoms with van der Waals surface area (Å²) < 4.78 is 0. The van der Waals surface area contributed by atoms with E-state index in [1.54, 1.807) is 0 Å². The van der Waals surface area contributed by atoms with Crippen LogP contribution in [0.3, 0.4) is 0 Å². The molecule has 16 heavy (non-hydrogen) atoms. The van der Waals surface area contributed by atoms with Gasteiger partial charge in [-0.3, -0.25) is 0 Å². The topological polar surface area (TPSA) is 53.6 Å². The van der Waals surface area contributed by atoms with E-state index < -0.39 is 0 Å². The number of H-pyrrole nitrogens is 1. The van der Waals surface area contributed by atoms with Crippen LogP contribution in [0.25, 0.3) is 11.0 Å². The van der Waals surface area contributed by atoms with Crippen LogP contribution in [0.2, 0.25) is 0 Å². The Kier molecular flexibility index (Phi) is 2.27. The summed E-state index contributed by atoms with van der Waals surface area (Å²) in [5.74, 6) is 0.957. The molecule has 1 unspecified atom stereocenters. The van der Waals surface area contributed by atoms with E-state index in [2.05, 4.69) is 33.7 Å². The molecule has 1 saturated carbocycles. The monoisotopic (exact) mass is 216 g/mol. The van der Waals surface area contributed by atoms with Gasteiger partial charge in [-0.2, -0.15) is 15.4 Å². The summed E-state index contributed by atoms with van der Waals surface area (Å²) in [7, 11) is 0. The lowest BCUT2D eigenvalue weighted by Crippen LogP contribution is -2.15. The fourth-order valence-corrected chi connectivity index (χ4v) is 2.13. The molecule has 2 N–H and O–H groups in total. The third-order valence-electron chi connectivity index (χ3n) is 3.11. The molecule has 0 bridgehead atoms. The number of aromatic amines is 1. The van der Waals surface area contributed by atoms with Gasteiger partial charge in [0.15, 0.2) is 0 Å². The molecule has 1 aromatic heterocycles. The highest BCUT2D eigenvalue weighted by molar-refractivity contribution is 5.77. The molecular formula is C12H16N4. The Morgan fingerprint density at radius 2 is 2.19 bits per heavy atom. The Labute approximate surface area is 94.4 Å². The van der Waals surface area contributed by atoms with Gasteiger partial charge in [0.25, 0.3) is 0 Å². The van der Waals surface area contributed by atoms with Gasteiger partial charge < -0.3 is 5.32 Å². The molecule has 3 rings (SSSR count). The lowest BCUT2D eigenvalue weighted by atomic mass is 10.1. The number of anilines is 1. The average Bonchev–Trinajstić information content (AvgIpc) is 2.95. The molecular weight excluding hydrogens is 200 g/mol. The van der Waals surface area contributed by atoms with Gasteiger partial charge in [0.2, 0.25) is 0 Å². The number of rotatable bonds is 4. The highest BCUT2D eigenvalue weighted by Gasteiger charge is 2.23. The molecule has 1 aliphatic carbocycles. The first-order valence-electron chi connectivity index (χ1n) is 5.88. The Morgan fingerprint density at radius 3 is 3.00 bits per heavy atom. The number of hydrogen-bond donors (Lipinski definition) is 2. The van der Waals surface area contributed by atoms with Crippen molar-refractivity contribution in [2.75, 3.05) is 5.32 Å². The summed E-state index contributed by atoms with van der Waals surface area (Å²) in [4.78, 5) is 0. The minimum atomic E-state index is 0.539. The second-order valence-corrected chi connectivity index (χ2v) is 4.75. The van der Waals surface area contributed by atoms with Crippen LogP contribution in [0.5, 0.6) is 0 Å². The maximum atomic E-state index is 4.08. The highest BCUT2D eigenvalue weighted by atomic mass is 15.3. The van der Waals surface area contributed by atoms with Gasteiger partial charge in [-0.25, -0.2) is 0 Å². The molecule has 0 aliphatic heterocycles. The summed E-state index contributed by atoms with van der Waals surface area (Å²) in [6, 6.07) is 6.64. The zero-order valence-corrected chi connectivity index (χ0v) is 9.40. The molecule has 1 aliphatic rings. The van der Waals surface area contributed by atoms with Crippen LogP contribution in [0.4, 0.5) is 5.69 Å². The predicted octanol–water partition coefficient (Wildman–Crippen LogP) is 2.56. The normalized spacial score (nSPS) is 17.6. The van der Waals surface area contributed by atoms with E-state index in [4.69, 9.17) is 0 Å². The molecule has 0 radical (unpaired) electrons. The van der Waals surface area contributed by atoms with E-state index in [0.29, 0.717) is 6.04 Å². The van der Waals surface area contributed by atoms with E-state index in [1.165, 1.54) is 19.3 Å². The maximum Gasteiger partial charge on any atom is 0.115 e. The number of benzene rings is 1. The summed E-state index contributed by atoms with van der Waals surface area (Å²) in [5, 5.41) is 14.3. The van der Waals surface area contributed by atoms with Crippen molar-refractivity contribution < 1.29 is 0 Å². The van der Waals surface area contributed by atoms with Gasteiger partial charge in [-0.1, -0.05) is 12.8 Å². The Hall–Kier alpha value is -1.58. The molecule has 0 spiro atoms. The van der Waals surface area contributed by atoms with Crippen LogP contribution in [-0.4, -0.2) is 21.5 Å². The quantitative estimate of drug-likeness (QED) is 0.825. The van der Waals surface area contributed by atoms with Crippen molar-refractivity contribution in [3.05, 3.63) is 18.2 Å². The SMILES string of the molecule is CC(CC1CC1)Nc1ccc2n[nH]nc2c1. The van der Waals surface area contributed by atoms with Crippen LogP contribution in [0, 0.1) is 5.92 Å². The van der Waals surface area contributed by atoms with Crippen LogP contribution in [0.15, 0.2) is 18.2 Å². The van der Waals surface area contributed by atoms with Crippen molar-refractivity contribution >= 4 is 16.7 Å². The van der Waals surface area contributed by atoms with Gasteiger partial charge in [-0.05, 0) is 37.5 Å². The van der Waals surface area contributed by atoms with Gasteiger partial charge in [0.05, 0.1) is 0 Å². The Bertz CT molecular complexity index is 486. The lowest BCUT2D eigenvalue weighted by molar-refractivity contribution is 0.642. The van der Waals surface area contributed by atoms with Gasteiger partial charge in [0, 0.05) is 11.7 Å². The number of hydrogen-bond acceptors (Lipinski definition) is 3. The molecule has 1 fully saturated rings. The number of aromatic nitrogens is 3. The Balaban J connectivity index is 1.72. The molecule has 4 heteroatoms. The fraction of sp³-hybridized carbons (Fsp3) is 0.500. The van der Waals surface area contributed by atoms with Crippen LogP contribution in [0.1, 0.15) is 26.2 Å². The molecule has 0 saturated heterocycles. The first-order chi connectivity index (χ1) is 7.81. The lowest BCUT2D eigenvalue weighted by Gasteiger charge is -2.14. The third-order valence-corrected chi connectivity index (χ3v) is 3.11. The first kappa shape index (κ1) is 9.63. The molecule has 4 nitrogen and oxygen atoms in total. The van der Waals surface area contributed by atoms with Crippen molar-refractivity contribution in [2.45, 2.75) is 32.2 Å². The molecule has 0 amide bonds. The maximum absolute atomic E-state index is 4.08. The minimum Gasteiger partial charge on any atom is -0.383 e. The number of fused-ring (bicyclic) bond motifs is 1. The van der Waals surface area contributed by atoms with E-state index >= 15 is 0 Å². The smallest absolute Gasteiger partial charge is 0.115 e. The second kappa shape index (κ2) is 3.77. The predicted molar refractivity (Wildman–Crippen MR) is 64.3 cm³/mol. The molecule has 1 aromatic carbocycles. The third kappa shape index (κ3) is 2.01. The highest BCUT2D eigenvalue weighted by Crippen LogP contribution is 2.34. The Morgan fingerprint density at radius 1 is 1.38 bits per heavy atom. The fourth-order valence-electron chi connectivity index (χ4n) is 2.13. The second-order valence-electron chi connectivity index (χ2n) is 4.75. The van der Waals surface area contributed by atoms with Crippen molar-refractivity contribution in [3.8, 4) is 0 Å². The molecule has 1 heterocycles. The number of nitrogens with zero attached hydrogens (tertiary/aromatic N) is 2. The zero-order chi connectivity index (χ0) is 11.0. The average molecular weight is 216 g/mol. The molecule has 1 atom stereocenters. The summed E-state index contributed by atoms with van der Waals surface area (Å²) >= 11 is 0. The van der Waals surface area contributed by atoms with Crippen molar-refractivity contribution in [1.29, 1.82) is 0 Å². The molecule has 2 aromatic rings. The van der Waals surface area contributed by atoms with Gasteiger partial charge in [0.1, 0.15) is 11.0 Å². The first-order valence-corrected chi connectivity index (χ1v) is 5.88. The van der Waals surface area contributed by atoms with Crippen molar-refractivity contribution in [2.24, 2.45) is 5.92 Å². The molecule has 84 valence electrons. The van der Waals surface area contributed by atoms with Crippen molar-refractivity contribution in [1.82, 2.24) is 15.4 Å². The minimum absolute atomic E-state index is 0.539. The van der Waals surface area contributed by atoms with E-state index in [9.17, 15) is 0 Å². The summed E-state index contributed by atoms with van der Waals surface area (Å²) in [5.41, 5.74) is 2.97. The number of nitrogens with one attached hydrogen (secondary N) is 2. The largest absolute Gasteiger partial charge is 0.383 e. The van der Waals surface area contributed by atoms with E-state index in [1.807, 2.05) is 12.1 Å². The van der Waals surface area contributed by atoms with Crippen LogP contribution < -0.4 is 5.32 Å². The summed E-state index contributed by atoms with van der Waals surface area (Å²) in [6.45, 7) is 2.24. The van der Waals surface area contributed by atoms with E-state index in [0.717, 1.165) is 22.6 Å². The van der Waals surface area contributed by atoms with E-state index in [-0.39, 0.29) is 0 Å². The van der Waals surface area contributed by atoms with Gasteiger partial charge >= 0.3 is 0 Å². The summed E-state index contributed by atoms with van der Waals surface area (Å²) in [6.07, 6.45) is 4.10. The standard InChI is InChI=1S/C12H16N4/c1-8(6-9-2-3-9)13-10-4-5-11-12(7-10)15-16-14-11/h4-5,7-9,13H,2-3,6H2,1H3,(H,14,15,16). The van der Waals surface area contributed by atoms with Crippen LogP contribution in [-0.2, 0) is 0 Å². The van der Waals surface area contributed by atoms with Crippen LogP contribution >= 0.6 is 0 Å². The zero-order valence-electron chi connectivity index (χ0n) is 9.40. The van der Waals surface area contributed by atoms with Crippen molar-refractivity contribution in [3.63, 3.8) is 0 Å².